The SMILES string of the molecule is COCCOc1cc(Cl)cc(-c2nc(C#N)nc3ncn(C[C@H]4CC[C@H](C)CC4)c23)c1. The van der Waals surface area contributed by atoms with Crippen LogP contribution < -0.4 is 4.74 Å². The van der Waals surface area contributed by atoms with E-state index in [1.807, 2.05) is 24.5 Å². The van der Waals surface area contributed by atoms with E-state index in [0.717, 1.165) is 23.5 Å². The zero-order valence-electron chi connectivity index (χ0n) is 17.8. The molecule has 8 heteroatoms. The van der Waals surface area contributed by atoms with Crippen molar-refractivity contribution >= 4 is 22.8 Å². The van der Waals surface area contributed by atoms with Crippen LogP contribution in [0.3, 0.4) is 0 Å². The monoisotopic (exact) mass is 439 g/mol. The molecule has 4 rings (SSSR count). The number of benzene rings is 1. The molecule has 1 fully saturated rings. The summed E-state index contributed by atoms with van der Waals surface area (Å²) in [4.78, 5) is 13.3. The fourth-order valence-electron chi connectivity index (χ4n) is 4.18. The van der Waals surface area contributed by atoms with Crippen molar-refractivity contribution in [3.8, 4) is 23.1 Å². The second-order valence-corrected chi connectivity index (χ2v) is 8.66. The van der Waals surface area contributed by atoms with E-state index in [-0.39, 0.29) is 5.82 Å². The molecule has 2 aromatic heterocycles. The van der Waals surface area contributed by atoms with Gasteiger partial charge in [0.05, 0.1) is 12.9 Å². The van der Waals surface area contributed by atoms with Crippen LogP contribution in [0.15, 0.2) is 24.5 Å². The Morgan fingerprint density at radius 1 is 1.16 bits per heavy atom. The molecule has 0 radical (unpaired) electrons. The maximum absolute atomic E-state index is 9.44. The van der Waals surface area contributed by atoms with Crippen LogP contribution in [0.2, 0.25) is 5.02 Å². The van der Waals surface area contributed by atoms with E-state index in [9.17, 15) is 5.26 Å². The van der Waals surface area contributed by atoms with Gasteiger partial charge in [-0.25, -0.2) is 9.97 Å². The predicted molar refractivity (Wildman–Crippen MR) is 119 cm³/mol. The highest BCUT2D eigenvalue weighted by molar-refractivity contribution is 6.31. The van der Waals surface area contributed by atoms with Gasteiger partial charge in [-0.3, -0.25) is 0 Å². The smallest absolute Gasteiger partial charge is 0.234 e. The maximum Gasteiger partial charge on any atom is 0.234 e. The molecule has 0 N–H and O–H groups in total. The minimum Gasteiger partial charge on any atom is -0.491 e. The van der Waals surface area contributed by atoms with Gasteiger partial charge in [0.25, 0.3) is 0 Å². The second-order valence-electron chi connectivity index (χ2n) is 8.22. The van der Waals surface area contributed by atoms with E-state index >= 15 is 0 Å². The van der Waals surface area contributed by atoms with E-state index < -0.39 is 0 Å². The third-order valence-electron chi connectivity index (χ3n) is 5.86. The fourth-order valence-corrected chi connectivity index (χ4v) is 4.41. The van der Waals surface area contributed by atoms with Crippen LogP contribution in [-0.4, -0.2) is 39.8 Å². The summed E-state index contributed by atoms with van der Waals surface area (Å²) in [6.07, 6.45) is 6.75. The minimum absolute atomic E-state index is 0.0843. The third-order valence-corrected chi connectivity index (χ3v) is 6.08. The molecule has 0 bridgehead atoms. The van der Waals surface area contributed by atoms with Crippen molar-refractivity contribution in [2.24, 2.45) is 11.8 Å². The van der Waals surface area contributed by atoms with Crippen molar-refractivity contribution in [1.82, 2.24) is 19.5 Å². The van der Waals surface area contributed by atoms with Crippen LogP contribution in [0.25, 0.3) is 22.4 Å². The summed E-state index contributed by atoms with van der Waals surface area (Å²) >= 11 is 6.38. The zero-order valence-corrected chi connectivity index (χ0v) is 18.6. The molecule has 0 aliphatic heterocycles. The molecule has 1 aromatic carbocycles. The maximum atomic E-state index is 9.44. The summed E-state index contributed by atoms with van der Waals surface area (Å²) in [5.41, 5.74) is 2.75. The Morgan fingerprint density at radius 3 is 2.71 bits per heavy atom. The number of ether oxygens (including phenoxy) is 2. The molecular weight excluding hydrogens is 414 g/mol. The first-order valence-corrected chi connectivity index (χ1v) is 11.0. The van der Waals surface area contributed by atoms with Gasteiger partial charge in [0.2, 0.25) is 5.82 Å². The van der Waals surface area contributed by atoms with E-state index in [1.165, 1.54) is 25.7 Å². The standard InChI is InChI=1S/C23H26ClN5O2/c1-15-3-5-16(6-4-15)13-29-14-26-23-22(29)21(27-20(12-25)28-23)17-9-18(24)11-19(10-17)31-8-7-30-2/h9-11,14-16H,3-8,13H2,1-2H3/t15-,16-. The number of hydrogen-bond acceptors (Lipinski definition) is 6. The Labute approximate surface area is 187 Å². The lowest BCUT2D eigenvalue weighted by Crippen LogP contribution is -2.17. The van der Waals surface area contributed by atoms with Gasteiger partial charge < -0.3 is 14.0 Å². The first-order valence-electron chi connectivity index (χ1n) is 10.6. The summed E-state index contributed by atoms with van der Waals surface area (Å²) < 4.78 is 12.9. The van der Waals surface area contributed by atoms with Crippen molar-refractivity contribution in [3.05, 3.63) is 35.4 Å². The van der Waals surface area contributed by atoms with Gasteiger partial charge in [0, 0.05) is 24.2 Å². The molecule has 1 saturated carbocycles. The molecule has 162 valence electrons. The van der Waals surface area contributed by atoms with Crippen LogP contribution >= 0.6 is 11.6 Å². The molecule has 2 heterocycles. The Bertz CT molecular complexity index is 1100. The lowest BCUT2D eigenvalue weighted by Gasteiger charge is -2.26. The number of hydrogen-bond donors (Lipinski definition) is 0. The van der Waals surface area contributed by atoms with Gasteiger partial charge >= 0.3 is 0 Å². The lowest BCUT2D eigenvalue weighted by molar-refractivity contribution is 0.146. The molecule has 0 atom stereocenters. The third kappa shape index (κ3) is 4.97. The Morgan fingerprint density at radius 2 is 1.97 bits per heavy atom. The number of rotatable bonds is 7. The van der Waals surface area contributed by atoms with E-state index in [2.05, 4.69) is 26.4 Å². The zero-order chi connectivity index (χ0) is 21.8. The highest BCUT2D eigenvalue weighted by Gasteiger charge is 2.22. The van der Waals surface area contributed by atoms with E-state index in [0.29, 0.717) is 41.2 Å². The summed E-state index contributed by atoms with van der Waals surface area (Å²) in [6.45, 7) is 4.08. The van der Waals surface area contributed by atoms with Crippen LogP contribution in [0.4, 0.5) is 0 Å². The average Bonchev–Trinajstić information content (AvgIpc) is 3.17. The summed E-state index contributed by atoms with van der Waals surface area (Å²) in [5, 5.41) is 9.97. The molecule has 1 aliphatic carbocycles. The molecule has 7 nitrogen and oxygen atoms in total. The summed E-state index contributed by atoms with van der Waals surface area (Å²) in [6, 6.07) is 7.50. The van der Waals surface area contributed by atoms with Gasteiger partial charge in [0.15, 0.2) is 5.65 Å². The Balaban J connectivity index is 1.74. The predicted octanol–water partition coefficient (Wildman–Crippen LogP) is 4.87. The average molecular weight is 440 g/mol. The van der Waals surface area contributed by atoms with Gasteiger partial charge in [-0.2, -0.15) is 10.2 Å². The van der Waals surface area contributed by atoms with Crippen molar-refractivity contribution in [1.29, 1.82) is 5.26 Å². The van der Waals surface area contributed by atoms with Gasteiger partial charge in [-0.05, 0) is 42.9 Å². The first-order chi connectivity index (χ1) is 15.1. The van der Waals surface area contributed by atoms with Crippen LogP contribution in [0.5, 0.6) is 5.75 Å². The van der Waals surface area contributed by atoms with Gasteiger partial charge in [0.1, 0.15) is 29.6 Å². The minimum atomic E-state index is 0.0843. The normalized spacial score (nSPS) is 18.8. The van der Waals surface area contributed by atoms with Crippen LogP contribution in [0, 0.1) is 23.2 Å². The molecular formula is C23H26ClN5O2. The molecule has 3 aromatic rings. The number of imidazole rings is 1. The molecule has 0 saturated heterocycles. The Hall–Kier alpha value is -2.69. The number of nitrogens with zero attached hydrogens (tertiary/aromatic N) is 5. The topological polar surface area (TPSA) is 85.8 Å². The van der Waals surface area contributed by atoms with Crippen molar-refractivity contribution in [3.63, 3.8) is 0 Å². The highest BCUT2D eigenvalue weighted by atomic mass is 35.5. The summed E-state index contributed by atoms with van der Waals surface area (Å²) in [7, 11) is 1.63. The first kappa shape index (κ1) is 21.5. The molecule has 0 spiro atoms. The Kier molecular flexibility index (Phi) is 6.69. The van der Waals surface area contributed by atoms with Crippen molar-refractivity contribution in [2.45, 2.75) is 39.2 Å². The van der Waals surface area contributed by atoms with Gasteiger partial charge in [-0.15, -0.1) is 0 Å². The molecule has 0 unspecified atom stereocenters. The molecule has 1 aliphatic rings. The van der Waals surface area contributed by atoms with Gasteiger partial charge in [-0.1, -0.05) is 31.4 Å². The highest BCUT2D eigenvalue weighted by Crippen LogP contribution is 2.34. The lowest BCUT2D eigenvalue weighted by atomic mass is 9.83. The number of nitriles is 1. The van der Waals surface area contributed by atoms with Crippen LogP contribution in [-0.2, 0) is 11.3 Å². The number of aromatic nitrogens is 4. The molecule has 0 amide bonds. The number of fused-ring (bicyclic) bond motifs is 1. The largest absolute Gasteiger partial charge is 0.491 e. The van der Waals surface area contributed by atoms with E-state index in [1.54, 1.807) is 13.2 Å². The van der Waals surface area contributed by atoms with Crippen molar-refractivity contribution < 1.29 is 9.47 Å². The fraction of sp³-hybridized carbons (Fsp3) is 0.478. The summed E-state index contributed by atoms with van der Waals surface area (Å²) in [5.74, 6) is 2.11. The molecule has 31 heavy (non-hydrogen) atoms. The van der Waals surface area contributed by atoms with Crippen molar-refractivity contribution in [2.75, 3.05) is 20.3 Å². The van der Waals surface area contributed by atoms with Crippen LogP contribution in [0.1, 0.15) is 38.4 Å². The van der Waals surface area contributed by atoms with E-state index in [4.69, 9.17) is 21.1 Å². The number of methoxy groups -OCH3 is 1. The number of halogens is 1. The second kappa shape index (κ2) is 9.63. The quantitative estimate of drug-likeness (QED) is 0.488.